The van der Waals surface area contributed by atoms with Crippen molar-refractivity contribution in [1.82, 2.24) is 0 Å². The zero-order valence-corrected chi connectivity index (χ0v) is 17.5. The van der Waals surface area contributed by atoms with Gasteiger partial charge in [0.1, 0.15) is 6.10 Å². The van der Waals surface area contributed by atoms with E-state index in [9.17, 15) is 20.4 Å². The normalized spacial score (nSPS) is 29.8. The minimum absolute atomic E-state index is 0.357. The van der Waals surface area contributed by atoms with Gasteiger partial charge in [0.15, 0.2) is 0 Å². The van der Waals surface area contributed by atoms with Crippen LogP contribution in [0.15, 0.2) is 42.5 Å². The van der Waals surface area contributed by atoms with Gasteiger partial charge in [-0.05, 0) is 41.2 Å². The molecule has 5 nitrogen and oxygen atoms in total. The first kappa shape index (κ1) is 22.2. The number of methoxy groups -OCH3 is 1. The summed E-state index contributed by atoms with van der Waals surface area (Å²) in [7, 11) is 1.48. The zero-order chi connectivity index (χ0) is 21.1. The van der Waals surface area contributed by atoms with Crippen LogP contribution in [0.1, 0.15) is 35.1 Å². The summed E-state index contributed by atoms with van der Waals surface area (Å²) in [5.41, 5.74) is 4.04. The van der Waals surface area contributed by atoms with E-state index in [1.165, 1.54) is 12.7 Å². The summed E-state index contributed by atoms with van der Waals surface area (Å²) in [4.78, 5) is 0. The Balaban J connectivity index is 1.93. The lowest BCUT2D eigenvalue weighted by atomic mass is 9.70. The molecule has 29 heavy (non-hydrogen) atoms. The minimum atomic E-state index is -1.37. The Morgan fingerprint density at radius 2 is 1.59 bits per heavy atom. The van der Waals surface area contributed by atoms with Crippen molar-refractivity contribution in [3.63, 3.8) is 0 Å². The quantitative estimate of drug-likeness (QED) is 0.575. The van der Waals surface area contributed by atoms with Gasteiger partial charge in [0.2, 0.25) is 0 Å². The standard InChI is InChI=1S/C23H29ClO5/c1-3-13-4-6-14(7-5-13)10-16-11-15(8-9-18(16)24)19-21(27)22(28)20(26)17(12-25)23(19)29-2/h4-9,11,17,19-23,25-28H,3,10,12H2,1-2H3/t17-,19+,20-,21+,22+,23+/m1/s1. The molecule has 1 aliphatic rings. The largest absolute Gasteiger partial charge is 0.396 e. The van der Waals surface area contributed by atoms with Gasteiger partial charge in [-0.3, -0.25) is 0 Å². The summed E-state index contributed by atoms with van der Waals surface area (Å²) < 4.78 is 5.54. The SMILES string of the molecule is CCc1ccc(Cc2cc([C@H]3[C@H](O)[C@@H](O)[C@H](O)[C@@H](CO)[C@@H]3OC)ccc2Cl)cc1. The van der Waals surface area contributed by atoms with Gasteiger partial charge in [0, 0.05) is 24.0 Å². The first-order chi connectivity index (χ1) is 13.9. The molecule has 6 heteroatoms. The fourth-order valence-corrected chi connectivity index (χ4v) is 4.48. The molecule has 0 bridgehead atoms. The van der Waals surface area contributed by atoms with Crippen molar-refractivity contribution in [2.75, 3.05) is 13.7 Å². The van der Waals surface area contributed by atoms with Gasteiger partial charge < -0.3 is 25.2 Å². The van der Waals surface area contributed by atoms with Gasteiger partial charge >= 0.3 is 0 Å². The second-order valence-electron chi connectivity index (χ2n) is 7.74. The van der Waals surface area contributed by atoms with E-state index < -0.39 is 36.3 Å². The highest BCUT2D eigenvalue weighted by molar-refractivity contribution is 6.31. The molecule has 2 aromatic rings. The van der Waals surface area contributed by atoms with E-state index in [2.05, 4.69) is 31.2 Å². The summed E-state index contributed by atoms with van der Waals surface area (Å²) in [5, 5.41) is 41.6. The Bertz CT molecular complexity index is 809. The number of benzene rings is 2. The highest BCUT2D eigenvalue weighted by atomic mass is 35.5. The molecule has 0 saturated heterocycles. The summed E-state index contributed by atoms with van der Waals surface area (Å²) >= 11 is 6.43. The molecule has 0 aromatic heterocycles. The van der Waals surface area contributed by atoms with Crippen LogP contribution in [-0.4, -0.2) is 58.6 Å². The second-order valence-corrected chi connectivity index (χ2v) is 8.15. The lowest BCUT2D eigenvalue weighted by molar-refractivity contribution is -0.176. The third kappa shape index (κ3) is 4.50. The number of hydrogen-bond donors (Lipinski definition) is 4. The Morgan fingerprint density at radius 3 is 2.17 bits per heavy atom. The Hall–Kier alpha value is -1.47. The van der Waals surface area contributed by atoms with Crippen LogP contribution in [0.4, 0.5) is 0 Å². The fraction of sp³-hybridized carbons (Fsp3) is 0.478. The molecular weight excluding hydrogens is 392 g/mol. The first-order valence-corrected chi connectivity index (χ1v) is 10.3. The summed E-state index contributed by atoms with van der Waals surface area (Å²) in [6, 6.07) is 13.8. The lowest BCUT2D eigenvalue weighted by Crippen LogP contribution is -2.58. The number of aliphatic hydroxyl groups excluding tert-OH is 4. The first-order valence-electron chi connectivity index (χ1n) is 9.95. The molecular formula is C23H29ClO5. The van der Waals surface area contributed by atoms with Gasteiger partial charge in [-0.25, -0.2) is 0 Å². The predicted octanol–water partition coefficient (Wildman–Crippen LogP) is 2.30. The summed E-state index contributed by atoms with van der Waals surface area (Å²) in [5.74, 6) is -1.31. The van der Waals surface area contributed by atoms with E-state index in [4.69, 9.17) is 16.3 Å². The Labute approximate surface area is 176 Å². The number of aliphatic hydroxyl groups is 4. The molecule has 1 fully saturated rings. The molecule has 1 aliphatic carbocycles. The van der Waals surface area contributed by atoms with Crippen molar-refractivity contribution < 1.29 is 25.2 Å². The zero-order valence-electron chi connectivity index (χ0n) is 16.7. The molecule has 0 amide bonds. The molecule has 158 valence electrons. The van der Waals surface area contributed by atoms with Crippen LogP contribution in [-0.2, 0) is 17.6 Å². The molecule has 6 atom stereocenters. The van der Waals surface area contributed by atoms with Crippen LogP contribution in [0.2, 0.25) is 5.02 Å². The molecule has 1 saturated carbocycles. The average Bonchev–Trinajstić information content (AvgIpc) is 2.74. The van der Waals surface area contributed by atoms with Gasteiger partial charge in [-0.2, -0.15) is 0 Å². The highest BCUT2D eigenvalue weighted by Crippen LogP contribution is 2.40. The van der Waals surface area contributed by atoms with E-state index in [1.807, 2.05) is 6.07 Å². The summed E-state index contributed by atoms with van der Waals surface area (Å²) in [6.07, 6.45) is -2.90. The predicted molar refractivity (Wildman–Crippen MR) is 112 cm³/mol. The van der Waals surface area contributed by atoms with E-state index in [0.717, 1.165) is 23.1 Å². The number of rotatable bonds is 6. The lowest BCUT2D eigenvalue weighted by Gasteiger charge is -2.45. The van der Waals surface area contributed by atoms with Crippen molar-refractivity contribution in [1.29, 1.82) is 0 Å². The van der Waals surface area contributed by atoms with Gasteiger partial charge in [0.05, 0.1) is 24.9 Å². The van der Waals surface area contributed by atoms with Gasteiger partial charge in [-0.15, -0.1) is 0 Å². The van der Waals surface area contributed by atoms with E-state index in [0.29, 0.717) is 11.4 Å². The molecule has 0 aliphatic heterocycles. The molecule has 0 unspecified atom stereocenters. The van der Waals surface area contributed by atoms with Gasteiger partial charge in [0.25, 0.3) is 0 Å². The second kappa shape index (κ2) is 9.56. The molecule has 0 heterocycles. The third-order valence-corrected chi connectivity index (χ3v) is 6.41. The maximum atomic E-state index is 10.7. The van der Waals surface area contributed by atoms with Crippen LogP contribution in [0.5, 0.6) is 0 Å². The Morgan fingerprint density at radius 1 is 0.931 bits per heavy atom. The van der Waals surface area contributed by atoms with Crippen molar-refractivity contribution >= 4 is 11.6 Å². The topological polar surface area (TPSA) is 90.2 Å². The van der Waals surface area contributed by atoms with Crippen molar-refractivity contribution in [2.24, 2.45) is 5.92 Å². The number of ether oxygens (including phenoxy) is 1. The van der Waals surface area contributed by atoms with Gasteiger partial charge in [-0.1, -0.05) is 54.9 Å². The number of halogens is 1. The van der Waals surface area contributed by atoms with E-state index in [1.54, 1.807) is 12.1 Å². The van der Waals surface area contributed by atoms with Crippen LogP contribution in [0.25, 0.3) is 0 Å². The van der Waals surface area contributed by atoms with Crippen LogP contribution < -0.4 is 0 Å². The molecule has 0 radical (unpaired) electrons. The molecule has 4 N–H and O–H groups in total. The van der Waals surface area contributed by atoms with Crippen LogP contribution >= 0.6 is 11.6 Å². The monoisotopic (exact) mass is 420 g/mol. The maximum absolute atomic E-state index is 10.7. The highest BCUT2D eigenvalue weighted by Gasteiger charge is 2.49. The van der Waals surface area contributed by atoms with E-state index in [-0.39, 0.29) is 6.61 Å². The third-order valence-electron chi connectivity index (χ3n) is 6.05. The van der Waals surface area contributed by atoms with Crippen LogP contribution in [0, 0.1) is 5.92 Å². The van der Waals surface area contributed by atoms with E-state index >= 15 is 0 Å². The number of aryl methyl sites for hydroxylation is 1. The van der Waals surface area contributed by atoms with Crippen LogP contribution in [0.3, 0.4) is 0 Å². The molecule has 0 spiro atoms. The summed E-state index contributed by atoms with van der Waals surface area (Å²) in [6.45, 7) is 1.76. The Kier molecular flexibility index (Phi) is 7.32. The van der Waals surface area contributed by atoms with Crippen molar-refractivity contribution in [3.05, 3.63) is 69.7 Å². The minimum Gasteiger partial charge on any atom is -0.396 e. The number of hydrogen-bond acceptors (Lipinski definition) is 5. The molecule has 2 aromatic carbocycles. The average molecular weight is 421 g/mol. The fourth-order valence-electron chi connectivity index (χ4n) is 4.29. The van der Waals surface area contributed by atoms with Crippen molar-refractivity contribution in [3.8, 4) is 0 Å². The molecule has 3 rings (SSSR count). The van der Waals surface area contributed by atoms with Crippen molar-refractivity contribution in [2.45, 2.75) is 50.1 Å². The smallest absolute Gasteiger partial charge is 0.107 e. The maximum Gasteiger partial charge on any atom is 0.107 e.